The lowest BCUT2D eigenvalue weighted by atomic mass is 9.97. The van der Waals surface area contributed by atoms with Crippen molar-refractivity contribution in [3.05, 3.63) is 65.2 Å². The van der Waals surface area contributed by atoms with Crippen molar-refractivity contribution in [2.24, 2.45) is 0 Å². The van der Waals surface area contributed by atoms with Gasteiger partial charge in [0.2, 0.25) is 5.91 Å². The number of ether oxygens (including phenoxy) is 1. The molecule has 1 aliphatic carbocycles. The van der Waals surface area contributed by atoms with Crippen LogP contribution in [0.25, 0.3) is 0 Å². The minimum absolute atomic E-state index is 0.0134. The van der Waals surface area contributed by atoms with Crippen LogP contribution >= 0.6 is 0 Å². The maximum atomic E-state index is 12.8. The molecule has 0 radical (unpaired) electrons. The van der Waals surface area contributed by atoms with Crippen molar-refractivity contribution in [3.63, 3.8) is 0 Å². The van der Waals surface area contributed by atoms with Crippen LogP contribution in [0.4, 0.5) is 0 Å². The van der Waals surface area contributed by atoms with Gasteiger partial charge in [-0.15, -0.1) is 0 Å². The van der Waals surface area contributed by atoms with Crippen molar-refractivity contribution in [2.75, 3.05) is 33.3 Å². The zero-order valence-electron chi connectivity index (χ0n) is 16.3. The van der Waals surface area contributed by atoms with Crippen molar-refractivity contribution < 1.29 is 14.3 Å². The Hall–Kier alpha value is -2.82. The van der Waals surface area contributed by atoms with E-state index in [0.717, 1.165) is 18.6 Å². The number of carbonyl (C=O) groups is 2. The first-order valence-electron chi connectivity index (χ1n) is 9.94. The van der Waals surface area contributed by atoms with E-state index in [1.165, 1.54) is 11.1 Å². The largest absolute Gasteiger partial charge is 0.497 e. The lowest BCUT2D eigenvalue weighted by molar-refractivity contribution is -0.133. The monoisotopic (exact) mass is 378 g/mol. The van der Waals surface area contributed by atoms with Gasteiger partial charge in [-0.05, 0) is 54.2 Å². The van der Waals surface area contributed by atoms with Gasteiger partial charge in [0.15, 0.2) is 0 Å². The van der Waals surface area contributed by atoms with E-state index in [1.54, 1.807) is 31.4 Å². The van der Waals surface area contributed by atoms with Crippen LogP contribution < -0.4 is 4.74 Å². The average Bonchev–Trinajstić information content (AvgIpc) is 3.16. The van der Waals surface area contributed by atoms with Gasteiger partial charge in [-0.1, -0.05) is 24.3 Å². The van der Waals surface area contributed by atoms with Gasteiger partial charge in [0.25, 0.3) is 5.91 Å². The smallest absolute Gasteiger partial charge is 0.253 e. The van der Waals surface area contributed by atoms with Gasteiger partial charge in [0.1, 0.15) is 5.75 Å². The third-order valence-electron chi connectivity index (χ3n) is 5.93. The van der Waals surface area contributed by atoms with E-state index in [4.69, 9.17) is 4.74 Å². The summed E-state index contributed by atoms with van der Waals surface area (Å²) in [5.74, 6) is 1.29. The molecule has 5 heteroatoms. The molecule has 1 aliphatic heterocycles. The summed E-state index contributed by atoms with van der Waals surface area (Å²) >= 11 is 0. The summed E-state index contributed by atoms with van der Waals surface area (Å²) in [6.07, 6.45) is 2.70. The molecule has 0 N–H and O–H groups in total. The van der Waals surface area contributed by atoms with Gasteiger partial charge in [-0.25, -0.2) is 0 Å². The summed E-state index contributed by atoms with van der Waals surface area (Å²) in [6.45, 7) is 2.37. The van der Waals surface area contributed by atoms with E-state index in [-0.39, 0.29) is 11.8 Å². The van der Waals surface area contributed by atoms with E-state index in [2.05, 4.69) is 24.3 Å². The molecule has 5 nitrogen and oxygen atoms in total. The highest BCUT2D eigenvalue weighted by Crippen LogP contribution is 2.35. The molecule has 1 unspecified atom stereocenters. The van der Waals surface area contributed by atoms with Crippen molar-refractivity contribution in [1.82, 2.24) is 9.80 Å². The Labute approximate surface area is 165 Å². The Morgan fingerprint density at radius 1 is 0.964 bits per heavy atom. The molecule has 28 heavy (non-hydrogen) atoms. The van der Waals surface area contributed by atoms with E-state index >= 15 is 0 Å². The molecule has 0 saturated carbocycles. The Bertz CT molecular complexity index is 854. The van der Waals surface area contributed by atoms with Crippen molar-refractivity contribution in [2.45, 2.75) is 25.2 Å². The summed E-state index contributed by atoms with van der Waals surface area (Å²) in [5.41, 5.74) is 3.38. The van der Waals surface area contributed by atoms with Gasteiger partial charge >= 0.3 is 0 Å². The number of fused-ring (bicyclic) bond motifs is 1. The van der Waals surface area contributed by atoms with Gasteiger partial charge in [0, 0.05) is 38.2 Å². The minimum atomic E-state index is 0.0134. The predicted molar refractivity (Wildman–Crippen MR) is 108 cm³/mol. The second kappa shape index (κ2) is 8.05. The molecule has 2 aromatic rings. The summed E-state index contributed by atoms with van der Waals surface area (Å²) in [4.78, 5) is 29.2. The summed E-state index contributed by atoms with van der Waals surface area (Å²) < 4.78 is 5.14. The van der Waals surface area contributed by atoms with E-state index < -0.39 is 0 Å². The molecule has 1 atom stereocenters. The van der Waals surface area contributed by atoms with Gasteiger partial charge < -0.3 is 14.5 Å². The molecule has 0 bridgehead atoms. The van der Waals surface area contributed by atoms with Crippen LogP contribution in [0.15, 0.2) is 48.5 Å². The van der Waals surface area contributed by atoms with Crippen LogP contribution in [0.5, 0.6) is 5.75 Å². The van der Waals surface area contributed by atoms with Crippen LogP contribution in [0, 0.1) is 0 Å². The molecule has 2 aliphatic rings. The van der Waals surface area contributed by atoms with E-state index in [1.807, 2.05) is 9.80 Å². The lowest BCUT2D eigenvalue weighted by Crippen LogP contribution is -2.50. The SMILES string of the molecule is COc1ccc(C(=O)N2CCN(C(=O)CC3CCc4ccccc43)CC2)cc1. The molecule has 1 fully saturated rings. The third-order valence-corrected chi connectivity index (χ3v) is 5.93. The highest BCUT2D eigenvalue weighted by molar-refractivity contribution is 5.94. The number of nitrogens with zero attached hydrogens (tertiary/aromatic N) is 2. The van der Waals surface area contributed by atoms with Gasteiger partial charge in [-0.2, -0.15) is 0 Å². The maximum Gasteiger partial charge on any atom is 0.253 e. The molecular weight excluding hydrogens is 352 g/mol. The van der Waals surface area contributed by atoms with Crippen LogP contribution in [-0.4, -0.2) is 54.9 Å². The number of aryl methyl sites for hydroxylation is 1. The van der Waals surface area contributed by atoms with Crippen molar-refractivity contribution in [1.29, 1.82) is 0 Å². The zero-order chi connectivity index (χ0) is 19.5. The van der Waals surface area contributed by atoms with E-state index in [0.29, 0.717) is 44.1 Å². The fraction of sp³-hybridized carbons (Fsp3) is 0.391. The third kappa shape index (κ3) is 3.75. The second-order valence-electron chi connectivity index (χ2n) is 7.54. The number of benzene rings is 2. The van der Waals surface area contributed by atoms with Gasteiger partial charge in [-0.3, -0.25) is 9.59 Å². The summed E-state index contributed by atoms with van der Waals surface area (Å²) in [5, 5.41) is 0. The first-order chi connectivity index (χ1) is 13.7. The molecule has 1 saturated heterocycles. The fourth-order valence-corrected chi connectivity index (χ4v) is 4.27. The van der Waals surface area contributed by atoms with Crippen LogP contribution in [0.2, 0.25) is 0 Å². The highest BCUT2D eigenvalue weighted by Gasteiger charge is 2.29. The van der Waals surface area contributed by atoms with Crippen molar-refractivity contribution >= 4 is 11.8 Å². The number of carbonyl (C=O) groups excluding carboxylic acids is 2. The molecule has 2 aromatic carbocycles. The molecular formula is C23H26N2O3. The normalized spacial score (nSPS) is 18.7. The summed E-state index contributed by atoms with van der Waals surface area (Å²) in [6, 6.07) is 15.6. The Morgan fingerprint density at radius 3 is 2.36 bits per heavy atom. The molecule has 0 spiro atoms. The number of methoxy groups -OCH3 is 1. The van der Waals surface area contributed by atoms with Crippen LogP contribution in [-0.2, 0) is 11.2 Å². The standard InChI is InChI=1S/C23H26N2O3/c1-28-20-10-8-18(9-11-20)23(27)25-14-12-24(13-15-25)22(26)16-19-7-6-17-4-2-3-5-21(17)19/h2-5,8-11,19H,6-7,12-16H2,1H3. The molecule has 146 valence electrons. The Kier molecular flexibility index (Phi) is 5.33. The molecule has 2 amide bonds. The quantitative estimate of drug-likeness (QED) is 0.821. The number of amides is 2. The summed E-state index contributed by atoms with van der Waals surface area (Å²) in [7, 11) is 1.61. The average molecular weight is 378 g/mol. The second-order valence-corrected chi connectivity index (χ2v) is 7.54. The lowest BCUT2D eigenvalue weighted by Gasteiger charge is -2.35. The van der Waals surface area contributed by atoms with Crippen LogP contribution in [0.3, 0.4) is 0 Å². The number of rotatable bonds is 4. The Morgan fingerprint density at radius 2 is 1.64 bits per heavy atom. The molecule has 1 heterocycles. The van der Waals surface area contributed by atoms with Crippen LogP contribution in [0.1, 0.15) is 40.2 Å². The Balaban J connectivity index is 1.31. The van der Waals surface area contributed by atoms with Gasteiger partial charge in [0.05, 0.1) is 7.11 Å². The topological polar surface area (TPSA) is 49.9 Å². The zero-order valence-corrected chi connectivity index (χ0v) is 16.3. The maximum absolute atomic E-state index is 12.8. The molecule has 0 aromatic heterocycles. The first kappa shape index (κ1) is 18.5. The number of piperazine rings is 1. The minimum Gasteiger partial charge on any atom is -0.497 e. The fourth-order valence-electron chi connectivity index (χ4n) is 4.27. The molecule has 4 rings (SSSR count). The first-order valence-corrected chi connectivity index (χ1v) is 9.94. The van der Waals surface area contributed by atoms with Crippen molar-refractivity contribution in [3.8, 4) is 5.75 Å². The predicted octanol–water partition coefficient (Wildman–Crippen LogP) is 3.10. The number of hydrogen-bond donors (Lipinski definition) is 0. The van der Waals surface area contributed by atoms with E-state index in [9.17, 15) is 9.59 Å². The highest BCUT2D eigenvalue weighted by atomic mass is 16.5. The number of hydrogen-bond acceptors (Lipinski definition) is 3.